The third-order valence-electron chi connectivity index (χ3n) is 5.01. The zero-order valence-corrected chi connectivity index (χ0v) is 15.8. The Morgan fingerprint density at radius 3 is 1.80 bits per heavy atom. The maximum absolute atomic E-state index is 13.8. The highest BCUT2D eigenvalue weighted by Crippen LogP contribution is 2.52. The number of halogens is 5. The van der Waals surface area contributed by atoms with E-state index in [-0.39, 0.29) is 30.8 Å². The number of hydrogen-bond donors (Lipinski definition) is 0. The highest BCUT2D eigenvalue weighted by atomic mass is 19.4. The predicted molar refractivity (Wildman–Crippen MR) is 86.8 cm³/mol. The third kappa shape index (κ3) is 6.35. The first-order chi connectivity index (χ1) is 11.3. The van der Waals surface area contributed by atoms with Gasteiger partial charge in [0.2, 0.25) is 5.92 Å². The Morgan fingerprint density at radius 2 is 1.48 bits per heavy atom. The van der Waals surface area contributed by atoms with E-state index in [1.165, 1.54) is 0 Å². The zero-order chi connectivity index (χ0) is 19.5. The molecule has 7 heteroatoms. The van der Waals surface area contributed by atoms with Crippen LogP contribution in [-0.4, -0.2) is 36.5 Å². The van der Waals surface area contributed by atoms with Gasteiger partial charge in [0, 0.05) is 6.42 Å². The van der Waals surface area contributed by atoms with Crippen molar-refractivity contribution in [1.82, 2.24) is 0 Å². The van der Waals surface area contributed by atoms with Crippen LogP contribution in [0.15, 0.2) is 0 Å². The number of alkyl halides is 5. The minimum Gasteiger partial charge on any atom is -0.373 e. The molecule has 1 aliphatic carbocycles. The molecule has 0 spiro atoms. The Hall–Kier alpha value is -0.430. The van der Waals surface area contributed by atoms with Gasteiger partial charge in [-0.2, -0.15) is 13.2 Å². The van der Waals surface area contributed by atoms with Crippen LogP contribution in [0.3, 0.4) is 0 Å². The second kappa shape index (κ2) is 8.51. The molecule has 3 atom stereocenters. The van der Waals surface area contributed by atoms with Gasteiger partial charge in [-0.3, -0.25) is 0 Å². The van der Waals surface area contributed by atoms with Crippen LogP contribution < -0.4 is 0 Å². The molecule has 2 nitrogen and oxygen atoms in total. The molecule has 0 amide bonds. The molecule has 0 N–H and O–H groups in total. The van der Waals surface area contributed by atoms with Gasteiger partial charge in [-0.15, -0.1) is 0 Å². The second-order valence-corrected chi connectivity index (χ2v) is 7.63. The van der Waals surface area contributed by atoms with Crippen molar-refractivity contribution in [1.29, 1.82) is 0 Å². The van der Waals surface area contributed by atoms with Gasteiger partial charge in [0.1, 0.15) is 0 Å². The molecule has 25 heavy (non-hydrogen) atoms. The topological polar surface area (TPSA) is 18.5 Å². The van der Waals surface area contributed by atoms with Gasteiger partial charge in [-0.1, -0.05) is 26.7 Å². The Morgan fingerprint density at radius 1 is 1.00 bits per heavy atom. The van der Waals surface area contributed by atoms with Crippen molar-refractivity contribution in [3.05, 3.63) is 0 Å². The molecular weight excluding hydrogens is 343 g/mol. The second-order valence-electron chi connectivity index (χ2n) is 7.63. The summed E-state index contributed by atoms with van der Waals surface area (Å²) < 4.78 is 78.7. The van der Waals surface area contributed by atoms with Crippen LogP contribution in [0.5, 0.6) is 0 Å². The molecule has 0 bridgehead atoms. The lowest BCUT2D eigenvalue weighted by Gasteiger charge is -2.34. The van der Waals surface area contributed by atoms with Crippen molar-refractivity contribution in [3.8, 4) is 0 Å². The lowest BCUT2D eigenvalue weighted by atomic mass is 9.92. The molecule has 0 aromatic rings. The molecule has 0 aromatic carbocycles. The van der Waals surface area contributed by atoms with Crippen LogP contribution in [0, 0.1) is 11.8 Å². The van der Waals surface area contributed by atoms with E-state index in [9.17, 15) is 22.0 Å². The van der Waals surface area contributed by atoms with Crippen molar-refractivity contribution in [3.63, 3.8) is 0 Å². The van der Waals surface area contributed by atoms with Crippen LogP contribution in [0.1, 0.15) is 66.7 Å². The van der Waals surface area contributed by atoms with Gasteiger partial charge in [-0.25, -0.2) is 8.78 Å². The minimum atomic E-state index is -4.53. The number of ether oxygens (including phenoxy) is 2. The first kappa shape index (κ1) is 22.6. The Labute approximate surface area is 147 Å². The monoisotopic (exact) mass is 374 g/mol. The maximum Gasteiger partial charge on any atom is 0.417 e. The Bertz CT molecular complexity index is 391. The summed E-state index contributed by atoms with van der Waals surface area (Å²) in [6.07, 6.45) is -5.54. The maximum atomic E-state index is 13.8. The molecule has 0 radical (unpaired) electrons. The van der Waals surface area contributed by atoms with Gasteiger partial charge in [0.15, 0.2) is 5.60 Å². The molecule has 0 aliphatic heterocycles. The summed E-state index contributed by atoms with van der Waals surface area (Å²) in [7, 11) is 0. The largest absolute Gasteiger partial charge is 0.417 e. The highest BCUT2D eigenvalue weighted by molar-refractivity contribution is 5.00. The fourth-order valence-electron chi connectivity index (χ4n) is 3.83. The summed E-state index contributed by atoms with van der Waals surface area (Å²) in [6.45, 7) is 7.34. The number of rotatable bonds is 9. The summed E-state index contributed by atoms with van der Waals surface area (Å²) in [5, 5.41) is 0. The van der Waals surface area contributed by atoms with E-state index in [1.807, 2.05) is 13.8 Å². The predicted octanol–water partition coefficient (Wildman–Crippen LogP) is 5.99. The van der Waals surface area contributed by atoms with Gasteiger partial charge >= 0.3 is 6.18 Å². The highest BCUT2D eigenvalue weighted by Gasteiger charge is 2.61. The molecule has 0 heterocycles. The van der Waals surface area contributed by atoms with Gasteiger partial charge < -0.3 is 9.47 Å². The van der Waals surface area contributed by atoms with E-state index < -0.39 is 36.8 Å². The summed E-state index contributed by atoms with van der Waals surface area (Å²) in [5.74, 6) is -3.16. The summed E-state index contributed by atoms with van der Waals surface area (Å²) >= 11 is 0. The van der Waals surface area contributed by atoms with Gasteiger partial charge in [0.05, 0.1) is 18.8 Å². The molecule has 3 unspecified atom stereocenters. The van der Waals surface area contributed by atoms with E-state index in [2.05, 4.69) is 0 Å². The van der Waals surface area contributed by atoms with Crippen LogP contribution in [0.25, 0.3) is 0 Å². The molecule has 1 rings (SSSR count). The van der Waals surface area contributed by atoms with Crippen molar-refractivity contribution >= 4 is 0 Å². The molecular formula is C18H31F5O2. The lowest BCUT2D eigenvalue weighted by molar-refractivity contribution is -0.285. The first-order valence-corrected chi connectivity index (χ1v) is 9.07. The summed E-state index contributed by atoms with van der Waals surface area (Å²) in [4.78, 5) is 0. The molecule has 1 aliphatic rings. The molecule has 1 saturated carbocycles. The summed E-state index contributed by atoms with van der Waals surface area (Å²) in [6, 6.07) is 0. The quantitative estimate of drug-likeness (QED) is 0.462. The first-order valence-electron chi connectivity index (χ1n) is 9.07. The van der Waals surface area contributed by atoms with Crippen LogP contribution in [0.2, 0.25) is 0 Å². The van der Waals surface area contributed by atoms with Crippen LogP contribution in [-0.2, 0) is 9.47 Å². The standard InChI is InChI=1S/C18H31F5O2/c1-6-13-8-17(18(21,22)23,9-14(13)7-2)24-11-15(25-12(3)4)10-16(5,19)20/h12-15H,6-11H2,1-5H3. The molecule has 0 saturated heterocycles. The van der Waals surface area contributed by atoms with Gasteiger partial charge in [-0.05, 0) is 45.4 Å². The summed E-state index contributed by atoms with van der Waals surface area (Å²) in [5.41, 5.74) is -2.25. The number of hydrogen-bond acceptors (Lipinski definition) is 2. The van der Waals surface area contributed by atoms with Crippen LogP contribution in [0.4, 0.5) is 22.0 Å². The van der Waals surface area contributed by atoms with E-state index in [4.69, 9.17) is 9.47 Å². The van der Waals surface area contributed by atoms with Gasteiger partial charge in [0.25, 0.3) is 0 Å². The Kier molecular flexibility index (Phi) is 7.69. The van der Waals surface area contributed by atoms with Crippen molar-refractivity contribution < 1.29 is 31.4 Å². The van der Waals surface area contributed by atoms with E-state index >= 15 is 0 Å². The fourth-order valence-corrected chi connectivity index (χ4v) is 3.83. The zero-order valence-electron chi connectivity index (χ0n) is 15.8. The van der Waals surface area contributed by atoms with Crippen molar-refractivity contribution in [2.75, 3.05) is 6.61 Å². The van der Waals surface area contributed by atoms with E-state index in [0.717, 1.165) is 6.92 Å². The molecule has 0 aromatic heterocycles. The third-order valence-corrected chi connectivity index (χ3v) is 5.01. The van der Waals surface area contributed by atoms with E-state index in [0.29, 0.717) is 12.8 Å². The smallest absolute Gasteiger partial charge is 0.373 e. The average molecular weight is 374 g/mol. The molecule has 150 valence electrons. The molecule has 1 fully saturated rings. The van der Waals surface area contributed by atoms with Crippen LogP contribution >= 0.6 is 0 Å². The average Bonchev–Trinajstić information content (AvgIpc) is 2.81. The van der Waals surface area contributed by atoms with Crippen molar-refractivity contribution in [2.24, 2.45) is 11.8 Å². The SMILES string of the molecule is CCC1CC(OCC(CC(C)(F)F)OC(C)C)(C(F)(F)F)CC1CC. The van der Waals surface area contributed by atoms with Crippen molar-refractivity contribution in [2.45, 2.75) is 96.6 Å². The fraction of sp³-hybridized carbons (Fsp3) is 1.00. The minimum absolute atomic E-state index is 0.0660. The lowest BCUT2D eigenvalue weighted by Crippen LogP contribution is -2.48. The van der Waals surface area contributed by atoms with E-state index in [1.54, 1.807) is 13.8 Å². The normalized spacial score (nSPS) is 29.4. The Balaban J connectivity index is 2.91.